The van der Waals surface area contributed by atoms with E-state index in [-0.39, 0.29) is 17.6 Å². The number of aromatic nitrogens is 2. The van der Waals surface area contributed by atoms with Crippen molar-refractivity contribution in [1.29, 1.82) is 0 Å². The predicted molar refractivity (Wildman–Crippen MR) is 105 cm³/mol. The number of rotatable bonds is 4. The molecule has 0 saturated carbocycles. The number of nitrogens with two attached hydrogens (primary N) is 1. The van der Waals surface area contributed by atoms with Gasteiger partial charge in [0.05, 0.1) is 0 Å². The minimum atomic E-state index is -0.576. The molecule has 6 nitrogen and oxygen atoms in total. The number of halogens is 1. The van der Waals surface area contributed by atoms with Gasteiger partial charge in [-0.05, 0) is 25.1 Å². The van der Waals surface area contributed by atoms with Gasteiger partial charge in [0.15, 0.2) is 0 Å². The maximum Gasteiger partial charge on any atom is 0.267 e. The first-order chi connectivity index (χ1) is 13.5. The van der Waals surface area contributed by atoms with Crippen LogP contribution in [0.2, 0.25) is 0 Å². The molecule has 0 spiro atoms. The van der Waals surface area contributed by atoms with Crippen molar-refractivity contribution in [2.24, 2.45) is 5.73 Å². The first-order valence-electron chi connectivity index (χ1n) is 9.24. The molecule has 1 aromatic carbocycles. The molecule has 3 heterocycles. The van der Waals surface area contributed by atoms with Crippen LogP contribution in [0.1, 0.15) is 29.0 Å². The largest absolute Gasteiger partial charge is 0.490 e. The Bertz CT molecular complexity index is 1030. The third kappa shape index (κ3) is 3.60. The fourth-order valence-electron chi connectivity index (χ4n) is 3.61. The molecule has 2 N–H and O–H groups in total. The molecule has 28 heavy (non-hydrogen) atoms. The summed E-state index contributed by atoms with van der Waals surface area (Å²) in [4.78, 5) is 21.8. The summed E-state index contributed by atoms with van der Waals surface area (Å²) in [5.41, 5.74) is 7.66. The Morgan fingerprint density at radius 3 is 2.79 bits per heavy atom. The lowest BCUT2D eigenvalue weighted by Gasteiger charge is -2.34. The molecule has 0 aliphatic carbocycles. The van der Waals surface area contributed by atoms with E-state index in [2.05, 4.69) is 14.9 Å². The van der Waals surface area contributed by atoms with Gasteiger partial charge in [0, 0.05) is 55.0 Å². The molecule has 0 unspecified atom stereocenters. The Balaban J connectivity index is 1.49. The summed E-state index contributed by atoms with van der Waals surface area (Å²) in [5, 5.41) is 0.824. The molecular weight excluding hydrogens is 359 g/mol. The Labute approximate surface area is 162 Å². The van der Waals surface area contributed by atoms with Crippen LogP contribution in [0.3, 0.4) is 0 Å². The van der Waals surface area contributed by atoms with Crippen molar-refractivity contribution in [3.8, 4) is 5.75 Å². The number of hydrogen-bond donors (Lipinski definition) is 1. The number of anilines is 1. The van der Waals surface area contributed by atoms with Gasteiger partial charge in [-0.2, -0.15) is 0 Å². The third-order valence-corrected chi connectivity index (χ3v) is 4.97. The zero-order valence-electron chi connectivity index (χ0n) is 15.6. The minimum Gasteiger partial charge on any atom is -0.490 e. The highest BCUT2D eigenvalue weighted by atomic mass is 19.1. The monoisotopic (exact) mass is 380 g/mol. The third-order valence-electron chi connectivity index (χ3n) is 4.97. The van der Waals surface area contributed by atoms with Gasteiger partial charge in [-0.1, -0.05) is 12.1 Å². The number of primary amides is 1. The average Bonchev–Trinajstić information content (AvgIpc) is 2.69. The lowest BCUT2D eigenvalue weighted by molar-refractivity contribution is 0.0994. The van der Waals surface area contributed by atoms with Crippen molar-refractivity contribution in [2.75, 3.05) is 18.0 Å². The maximum absolute atomic E-state index is 14.2. The normalized spacial score (nSPS) is 15.0. The van der Waals surface area contributed by atoms with Gasteiger partial charge < -0.3 is 15.4 Å². The lowest BCUT2D eigenvalue weighted by atomic mass is 10.0. The highest BCUT2D eigenvalue weighted by molar-refractivity contribution is 5.92. The van der Waals surface area contributed by atoms with Crippen molar-refractivity contribution in [3.05, 3.63) is 59.8 Å². The first kappa shape index (κ1) is 18.2. The SMILES string of the molecule is Cc1cc(N2CCC(Oc3ccnc(C(N)=O)c3)CC2)c2cccc(F)c2n1. The number of benzene rings is 1. The van der Waals surface area contributed by atoms with E-state index in [0.717, 1.165) is 42.7 Å². The Hall–Kier alpha value is -3.22. The number of fused-ring (bicyclic) bond motifs is 1. The molecule has 0 bridgehead atoms. The molecule has 144 valence electrons. The molecule has 7 heteroatoms. The summed E-state index contributed by atoms with van der Waals surface area (Å²) in [6.07, 6.45) is 3.18. The number of nitrogens with zero attached hydrogens (tertiary/aromatic N) is 3. The number of para-hydroxylation sites is 1. The van der Waals surface area contributed by atoms with Crippen LogP contribution in [0.25, 0.3) is 10.9 Å². The van der Waals surface area contributed by atoms with E-state index in [1.165, 1.54) is 12.3 Å². The van der Waals surface area contributed by atoms with Gasteiger partial charge in [-0.15, -0.1) is 0 Å². The summed E-state index contributed by atoms with van der Waals surface area (Å²) in [6.45, 7) is 3.45. The summed E-state index contributed by atoms with van der Waals surface area (Å²) < 4.78 is 20.2. The molecule has 1 amide bonds. The number of aryl methyl sites for hydroxylation is 1. The van der Waals surface area contributed by atoms with Crippen molar-refractivity contribution < 1.29 is 13.9 Å². The van der Waals surface area contributed by atoms with E-state index in [0.29, 0.717) is 11.3 Å². The fraction of sp³-hybridized carbons (Fsp3) is 0.286. The molecule has 0 radical (unpaired) electrons. The second-order valence-electron chi connectivity index (χ2n) is 6.96. The summed E-state index contributed by atoms with van der Waals surface area (Å²) >= 11 is 0. The smallest absolute Gasteiger partial charge is 0.267 e. The molecule has 1 aliphatic rings. The first-order valence-corrected chi connectivity index (χ1v) is 9.24. The van der Waals surface area contributed by atoms with Crippen LogP contribution in [-0.4, -0.2) is 35.1 Å². The van der Waals surface area contributed by atoms with Crippen LogP contribution < -0.4 is 15.4 Å². The van der Waals surface area contributed by atoms with Gasteiger partial charge in [-0.3, -0.25) is 9.78 Å². The van der Waals surface area contributed by atoms with Gasteiger partial charge in [0.2, 0.25) is 0 Å². The van der Waals surface area contributed by atoms with E-state index in [4.69, 9.17) is 10.5 Å². The van der Waals surface area contributed by atoms with E-state index in [9.17, 15) is 9.18 Å². The number of hydrogen-bond acceptors (Lipinski definition) is 5. The second kappa shape index (κ2) is 7.42. The number of carbonyl (C=O) groups is 1. The summed E-state index contributed by atoms with van der Waals surface area (Å²) in [5.74, 6) is -0.287. The Morgan fingerprint density at radius 1 is 1.25 bits per heavy atom. The fourth-order valence-corrected chi connectivity index (χ4v) is 3.61. The molecule has 1 saturated heterocycles. The highest BCUT2D eigenvalue weighted by Crippen LogP contribution is 2.31. The van der Waals surface area contributed by atoms with Gasteiger partial charge in [0.25, 0.3) is 5.91 Å². The van der Waals surface area contributed by atoms with E-state index < -0.39 is 5.91 Å². The lowest BCUT2D eigenvalue weighted by Crippen LogP contribution is -2.38. The zero-order chi connectivity index (χ0) is 19.7. The highest BCUT2D eigenvalue weighted by Gasteiger charge is 2.23. The molecule has 3 aromatic rings. The Kier molecular flexibility index (Phi) is 4.81. The van der Waals surface area contributed by atoms with Gasteiger partial charge >= 0.3 is 0 Å². The quantitative estimate of drug-likeness (QED) is 0.752. The Morgan fingerprint density at radius 2 is 2.04 bits per heavy atom. The zero-order valence-corrected chi connectivity index (χ0v) is 15.6. The number of pyridine rings is 2. The number of piperidine rings is 1. The van der Waals surface area contributed by atoms with Crippen molar-refractivity contribution >= 4 is 22.5 Å². The van der Waals surface area contributed by atoms with Gasteiger partial charge in [0.1, 0.15) is 28.9 Å². The molecule has 1 aliphatic heterocycles. The van der Waals surface area contributed by atoms with E-state index >= 15 is 0 Å². The summed E-state index contributed by atoms with van der Waals surface area (Å²) in [7, 11) is 0. The van der Waals surface area contributed by atoms with Crippen LogP contribution in [0.15, 0.2) is 42.6 Å². The molecule has 0 atom stereocenters. The summed E-state index contributed by atoms with van der Waals surface area (Å²) in [6, 6.07) is 10.4. The minimum absolute atomic E-state index is 0.0327. The molecule has 1 fully saturated rings. The molecule has 4 rings (SSSR count). The van der Waals surface area contributed by atoms with Crippen LogP contribution in [0, 0.1) is 12.7 Å². The number of amides is 1. The van der Waals surface area contributed by atoms with Crippen LogP contribution in [-0.2, 0) is 0 Å². The van der Waals surface area contributed by atoms with Crippen LogP contribution >= 0.6 is 0 Å². The van der Waals surface area contributed by atoms with Crippen molar-refractivity contribution in [3.63, 3.8) is 0 Å². The predicted octanol–water partition coefficient (Wildman–Crippen LogP) is 3.22. The van der Waals surface area contributed by atoms with Crippen LogP contribution in [0.4, 0.5) is 10.1 Å². The van der Waals surface area contributed by atoms with Crippen molar-refractivity contribution in [1.82, 2.24) is 9.97 Å². The molecule has 2 aromatic heterocycles. The number of carbonyl (C=O) groups excluding carboxylic acids is 1. The van der Waals surface area contributed by atoms with Crippen LogP contribution in [0.5, 0.6) is 5.75 Å². The average molecular weight is 380 g/mol. The van der Waals surface area contributed by atoms with E-state index in [1.54, 1.807) is 18.2 Å². The van der Waals surface area contributed by atoms with Crippen molar-refractivity contribution in [2.45, 2.75) is 25.9 Å². The second-order valence-corrected chi connectivity index (χ2v) is 6.96. The standard InChI is InChI=1S/C21H21FN4O2/c1-13-11-19(16-3-2-4-17(22)20(16)25-13)26-9-6-14(7-10-26)28-15-5-8-24-18(12-15)21(23)27/h2-5,8,11-12,14H,6-7,9-10H2,1H3,(H2,23,27). The van der Waals surface area contributed by atoms with E-state index in [1.807, 2.05) is 19.1 Å². The van der Waals surface area contributed by atoms with Gasteiger partial charge in [-0.25, -0.2) is 9.37 Å². The topological polar surface area (TPSA) is 81.3 Å². The molecular formula is C21H21FN4O2. The number of ether oxygens (including phenoxy) is 1. The maximum atomic E-state index is 14.2.